The summed E-state index contributed by atoms with van der Waals surface area (Å²) in [5.41, 5.74) is 1.17. The summed E-state index contributed by atoms with van der Waals surface area (Å²) in [6.07, 6.45) is 2.95. The molecule has 1 fully saturated rings. The van der Waals surface area contributed by atoms with Gasteiger partial charge in [0.1, 0.15) is 0 Å². The van der Waals surface area contributed by atoms with Crippen molar-refractivity contribution in [2.45, 2.75) is 45.4 Å². The fourth-order valence-electron chi connectivity index (χ4n) is 2.12. The summed E-state index contributed by atoms with van der Waals surface area (Å²) in [6, 6.07) is 0.384. The van der Waals surface area contributed by atoms with Gasteiger partial charge >= 0.3 is 0 Å². The van der Waals surface area contributed by atoms with Crippen LogP contribution in [0.3, 0.4) is 0 Å². The summed E-state index contributed by atoms with van der Waals surface area (Å²) >= 11 is 1.71. The van der Waals surface area contributed by atoms with Crippen LogP contribution in [0, 0.1) is 6.92 Å². The Bertz CT molecular complexity index is 351. The minimum atomic E-state index is -0.0425. The van der Waals surface area contributed by atoms with E-state index >= 15 is 0 Å². The van der Waals surface area contributed by atoms with Gasteiger partial charge in [-0.25, -0.2) is 4.98 Å². The Morgan fingerprint density at radius 2 is 2.28 bits per heavy atom. The highest BCUT2D eigenvalue weighted by atomic mass is 32.1. The summed E-state index contributed by atoms with van der Waals surface area (Å²) in [5.74, 6) is 0. The number of hydrogen-bond acceptors (Lipinski definition) is 5. The summed E-state index contributed by atoms with van der Waals surface area (Å²) in [4.78, 5) is 4.53. The number of nitrogens with one attached hydrogen (secondary N) is 1. The van der Waals surface area contributed by atoms with E-state index in [4.69, 9.17) is 9.47 Å². The van der Waals surface area contributed by atoms with Crippen LogP contribution in [0.4, 0.5) is 0 Å². The molecule has 1 N–H and O–H groups in total. The van der Waals surface area contributed by atoms with Crippen LogP contribution in [-0.2, 0) is 15.9 Å². The molecule has 0 bridgehead atoms. The summed E-state index contributed by atoms with van der Waals surface area (Å²) in [7, 11) is 0. The Labute approximate surface area is 113 Å². The van der Waals surface area contributed by atoms with Gasteiger partial charge in [0.15, 0.2) is 6.29 Å². The lowest BCUT2D eigenvalue weighted by molar-refractivity contribution is -0.0526. The van der Waals surface area contributed by atoms with Gasteiger partial charge in [0.2, 0.25) is 0 Å². The van der Waals surface area contributed by atoms with Crippen LogP contribution in [-0.4, -0.2) is 37.1 Å². The quantitative estimate of drug-likeness (QED) is 0.824. The van der Waals surface area contributed by atoms with Gasteiger partial charge in [0.25, 0.3) is 0 Å². The number of rotatable bonds is 7. The van der Waals surface area contributed by atoms with Crippen molar-refractivity contribution in [2.75, 3.05) is 19.8 Å². The minimum absolute atomic E-state index is 0.0425. The van der Waals surface area contributed by atoms with E-state index in [0.717, 1.165) is 44.0 Å². The first-order valence-corrected chi connectivity index (χ1v) is 7.53. The summed E-state index contributed by atoms with van der Waals surface area (Å²) in [6.45, 7) is 6.70. The number of ether oxygens (including phenoxy) is 2. The third-order valence-corrected chi connectivity index (χ3v) is 3.80. The molecule has 5 heteroatoms. The normalized spacial score (nSPS) is 18.3. The van der Waals surface area contributed by atoms with Crippen LogP contribution in [0.2, 0.25) is 0 Å². The predicted octanol–water partition coefficient (Wildman–Crippen LogP) is 2.13. The van der Waals surface area contributed by atoms with E-state index in [0.29, 0.717) is 6.04 Å². The topological polar surface area (TPSA) is 43.4 Å². The Hall–Kier alpha value is -0.490. The van der Waals surface area contributed by atoms with Gasteiger partial charge in [0, 0.05) is 24.3 Å². The highest BCUT2D eigenvalue weighted by Gasteiger charge is 2.21. The zero-order chi connectivity index (χ0) is 12.8. The zero-order valence-electron chi connectivity index (χ0n) is 11.1. The molecule has 0 amide bonds. The van der Waals surface area contributed by atoms with Crippen molar-refractivity contribution < 1.29 is 9.47 Å². The Kier molecular flexibility index (Phi) is 5.56. The third kappa shape index (κ3) is 4.31. The zero-order valence-corrected chi connectivity index (χ0v) is 12.0. The van der Waals surface area contributed by atoms with E-state index in [2.05, 4.69) is 22.6 Å². The molecule has 1 unspecified atom stereocenters. The monoisotopic (exact) mass is 270 g/mol. The van der Waals surface area contributed by atoms with Gasteiger partial charge in [-0.2, -0.15) is 0 Å². The van der Waals surface area contributed by atoms with E-state index in [-0.39, 0.29) is 6.29 Å². The largest absolute Gasteiger partial charge is 0.350 e. The highest BCUT2D eigenvalue weighted by molar-refractivity contribution is 7.09. The van der Waals surface area contributed by atoms with E-state index in [1.54, 1.807) is 11.3 Å². The molecule has 2 heterocycles. The smallest absolute Gasteiger partial charge is 0.159 e. The molecule has 0 saturated carbocycles. The summed E-state index contributed by atoms with van der Waals surface area (Å²) in [5, 5.41) is 6.84. The molecular formula is C13H22N2O2S. The van der Waals surface area contributed by atoms with Crippen LogP contribution < -0.4 is 5.32 Å². The number of nitrogens with zero attached hydrogens (tertiary/aromatic N) is 1. The van der Waals surface area contributed by atoms with Crippen LogP contribution in [0.25, 0.3) is 0 Å². The molecule has 0 aromatic carbocycles. The lowest BCUT2D eigenvalue weighted by Crippen LogP contribution is -2.35. The van der Waals surface area contributed by atoms with E-state index in [1.807, 2.05) is 6.92 Å². The molecule has 0 spiro atoms. The molecule has 1 aliphatic rings. The minimum Gasteiger partial charge on any atom is -0.350 e. The fourth-order valence-corrected chi connectivity index (χ4v) is 2.74. The van der Waals surface area contributed by atoms with E-state index < -0.39 is 0 Å². The van der Waals surface area contributed by atoms with Gasteiger partial charge in [-0.3, -0.25) is 0 Å². The van der Waals surface area contributed by atoms with Crippen LogP contribution >= 0.6 is 11.3 Å². The molecule has 2 rings (SSSR count). The Morgan fingerprint density at radius 3 is 2.89 bits per heavy atom. The third-order valence-electron chi connectivity index (χ3n) is 2.97. The van der Waals surface area contributed by atoms with Crippen molar-refractivity contribution in [3.8, 4) is 0 Å². The van der Waals surface area contributed by atoms with Crippen molar-refractivity contribution in [3.05, 3.63) is 16.1 Å². The molecule has 0 radical (unpaired) electrons. The number of thiazole rings is 1. The summed E-state index contributed by atoms with van der Waals surface area (Å²) < 4.78 is 11.1. The van der Waals surface area contributed by atoms with Crippen molar-refractivity contribution in [2.24, 2.45) is 0 Å². The molecule has 1 aromatic heterocycles. The van der Waals surface area contributed by atoms with Gasteiger partial charge in [-0.1, -0.05) is 6.92 Å². The second kappa shape index (κ2) is 7.19. The molecule has 0 aliphatic carbocycles. The first-order valence-electron chi connectivity index (χ1n) is 6.65. The molecule has 1 saturated heterocycles. The Balaban J connectivity index is 1.86. The molecule has 4 nitrogen and oxygen atoms in total. The maximum absolute atomic E-state index is 5.53. The molecule has 1 aromatic rings. The van der Waals surface area contributed by atoms with Crippen LogP contribution in [0.1, 0.15) is 30.5 Å². The van der Waals surface area contributed by atoms with E-state index in [9.17, 15) is 0 Å². The first-order chi connectivity index (χ1) is 8.78. The molecular weight excluding hydrogens is 248 g/mol. The fraction of sp³-hybridized carbons (Fsp3) is 0.769. The molecule has 1 atom stereocenters. The van der Waals surface area contributed by atoms with Gasteiger partial charge in [-0.15, -0.1) is 11.3 Å². The lowest BCUT2D eigenvalue weighted by Gasteiger charge is -2.20. The second-order valence-electron chi connectivity index (χ2n) is 4.62. The van der Waals surface area contributed by atoms with Crippen molar-refractivity contribution >= 4 is 11.3 Å². The van der Waals surface area contributed by atoms with Crippen LogP contribution in [0.5, 0.6) is 0 Å². The predicted molar refractivity (Wildman–Crippen MR) is 72.9 cm³/mol. The van der Waals surface area contributed by atoms with Gasteiger partial charge in [-0.05, 0) is 19.9 Å². The average molecular weight is 270 g/mol. The van der Waals surface area contributed by atoms with Crippen molar-refractivity contribution in [3.63, 3.8) is 0 Å². The lowest BCUT2D eigenvalue weighted by atomic mass is 10.1. The first kappa shape index (κ1) is 13.9. The highest BCUT2D eigenvalue weighted by Crippen LogP contribution is 2.15. The molecule has 1 aliphatic heterocycles. The van der Waals surface area contributed by atoms with E-state index in [1.165, 1.54) is 5.69 Å². The standard InChI is InChI=1S/C13H22N2O2S/c1-3-4-14-11(8-13-16-5-6-17-13)7-12-9-18-10(2)15-12/h9,11,13-14H,3-8H2,1-2H3. The maximum atomic E-state index is 5.53. The average Bonchev–Trinajstić information content (AvgIpc) is 2.98. The second-order valence-corrected chi connectivity index (χ2v) is 5.68. The number of aromatic nitrogens is 1. The van der Waals surface area contributed by atoms with Gasteiger partial charge in [0.05, 0.1) is 23.9 Å². The van der Waals surface area contributed by atoms with Crippen molar-refractivity contribution in [1.29, 1.82) is 0 Å². The Morgan fingerprint density at radius 1 is 1.50 bits per heavy atom. The molecule has 102 valence electrons. The number of hydrogen-bond donors (Lipinski definition) is 1. The molecule has 18 heavy (non-hydrogen) atoms. The van der Waals surface area contributed by atoms with Gasteiger partial charge < -0.3 is 14.8 Å². The maximum Gasteiger partial charge on any atom is 0.159 e. The van der Waals surface area contributed by atoms with Crippen LogP contribution in [0.15, 0.2) is 5.38 Å². The number of aryl methyl sites for hydroxylation is 1. The SMILES string of the molecule is CCCNC(Cc1csc(C)n1)CC1OCCO1. The van der Waals surface area contributed by atoms with Crippen molar-refractivity contribution in [1.82, 2.24) is 10.3 Å².